The van der Waals surface area contributed by atoms with Crippen molar-refractivity contribution < 1.29 is 5.11 Å². The van der Waals surface area contributed by atoms with E-state index in [0.29, 0.717) is 5.92 Å². The maximum atomic E-state index is 10.2. The number of hydrogen-bond donors (Lipinski definition) is 1. The molecule has 1 unspecified atom stereocenters. The van der Waals surface area contributed by atoms with Crippen molar-refractivity contribution >= 4 is 5.57 Å². The molecule has 0 aliphatic carbocycles. The molecule has 0 amide bonds. The summed E-state index contributed by atoms with van der Waals surface area (Å²) in [6, 6.07) is 8.49. The Kier molecular flexibility index (Phi) is 2.77. The van der Waals surface area contributed by atoms with E-state index < -0.39 is 0 Å². The standard InChI is InChI=1S/C15H19NO/c1-11-4-2-3-5-12(11)13-6-8-16-9-7-15(17)14(13)10-16/h2-6,14-15,17H,7-10H2,1H3/t14-,15-/m0/s1. The Bertz CT molecular complexity index is 452. The van der Waals surface area contributed by atoms with Crippen LogP contribution >= 0.6 is 0 Å². The fourth-order valence-electron chi connectivity index (χ4n) is 3.06. The maximum absolute atomic E-state index is 10.2. The molecule has 2 aliphatic heterocycles. The molecule has 0 aromatic heterocycles. The lowest BCUT2D eigenvalue weighted by Gasteiger charge is -2.41. The summed E-state index contributed by atoms with van der Waals surface area (Å²) in [5.41, 5.74) is 3.98. The third-order valence-corrected chi connectivity index (χ3v) is 4.09. The minimum atomic E-state index is -0.169. The molecule has 0 saturated carbocycles. The smallest absolute Gasteiger partial charge is 0.0633 e. The van der Waals surface area contributed by atoms with E-state index in [1.54, 1.807) is 0 Å². The van der Waals surface area contributed by atoms with Crippen LogP contribution < -0.4 is 0 Å². The zero-order valence-corrected chi connectivity index (χ0v) is 10.3. The van der Waals surface area contributed by atoms with Gasteiger partial charge in [0.25, 0.3) is 0 Å². The van der Waals surface area contributed by atoms with Crippen molar-refractivity contribution in [2.45, 2.75) is 19.4 Å². The van der Waals surface area contributed by atoms with Crippen LogP contribution in [0.1, 0.15) is 17.5 Å². The van der Waals surface area contributed by atoms with E-state index >= 15 is 0 Å². The Morgan fingerprint density at radius 3 is 2.94 bits per heavy atom. The van der Waals surface area contributed by atoms with E-state index in [4.69, 9.17) is 0 Å². The van der Waals surface area contributed by atoms with E-state index in [0.717, 1.165) is 26.1 Å². The van der Waals surface area contributed by atoms with Crippen molar-refractivity contribution in [3.8, 4) is 0 Å². The van der Waals surface area contributed by atoms with Crippen molar-refractivity contribution in [2.24, 2.45) is 5.92 Å². The molecular weight excluding hydrogens is 210 g/mol. The van der Waals surface area contributed by atoms with E-state index in [9.17, 15) is 5.11 Å². The third-order valence-electron chi connectivity index (χ3n) is 4.09. The largest absolute Gasteiger partial charge is 0.392 e. The van der Waals surface area contributed by atoms with Gasteiger partial charge in [0.1, 0.15) is 0 Å². The maximum Gasteiger partial charge on any atom is 0.0633 e. The van der Waals surface area contributed by atoms with Gasteiger partial charge in [-0.15, -0.1) is 0 Å². The van der Waals surface area contributed by atoms with Gasteiger partial charge >= 0.3 is 0 Å². The predicted octanol–water partition coefficient (Wildman–Crippen LogP) is 2.07. The topological polar surface area (TPSA) is 23.5 Å². The molecule has 1 saturated heterocycles. The van der Waals surface area contributed by atoms with Crippen LogP contribution in [0.3, 0.4) is 0 Å². The summed E-state index contributed by atoms with van der Waals surface area (Å²) in [5, 5.41) is 10.2. The molecule has 1 aromatic rings. The SMILES string of the molecule is Cc1ccccc1C1=CCN2CC[C@H](O)[C@H]1C2. The van der Waals surface area contributed by atoms with Crippen molar-refractivity contribution in [2.75, 3.05) is 19.6 Å². The summed E-state index contributed by atoms with van der Waals surface area (Å²) in [6.07, 6.45) is 3.05. The summed E-state index contributed by atoms with van der Waals surface area (Å²) >= 11 is 0. The monoisotopic (exact) mass is 229 g/mol. The predicted molar refractivity (Wildman–Crippen MR) is 69.7 cm³/mol. The van der Waals surface area contributed by atoms with Crippen molar-refractivity contribution in [1.82, 2.24) is 4.90 Å². The lowest BCUT2D eigenvalue weighted by Crippen LogP contribution is -2.46. The number of aliphatic hydroxyl groups is 1. The molecule has 3 atom stereocenters. The van der Waals surface area contributed by atoms with Crippen LogP contribution in [-0.2, 0) is 0 Å². The fraction of sp³-hybridized carbons (Fsp3) is 0.467. The summed E-state index contributed by atoms with van der Waals surface area (Å²) in [7, 11) is 0. The first-order valence-corrected chi connectivity index (χ1v) is 6.42. The van der Waals surface area contributed by atoms with Crippen LogP contribution in [0.2, 0.25) is 0 Å². The van der Waals surface area contributed by atoms with Crippen LogP contribution in [-0.4, -0.2) is 35.7 Å². The van der Waals surface area contributed by atoms with Crippen LogP contribution in [0.5, 0.6) is 0 Å². The molecule has 2 bridgehead atoms. The summed E-state index contributed by atoms with van der Waals surface area (Å²) < 4.78 is 0. The van der Waals surface area contributed by atoms with E-state index in [1.807, 2.05) is 0 Å². The second-order valence-corrected chi connectivity index (χ2v) is 5.20. The summed E-state index contributed by atoms with van der Waals surface area (Å²) in [6.45, 7) is 5.24. The number of rotatable bonds is 1. The van der Waals surface area contributed by atoms with Crippen molar-refractivity contribution in [3.63, 3.8) is 0 Å². The number of hydrogen-bond acceptors (Lipinski definition) is 2. The minimum absolute atomic E-state index is 0.169. The molecule has 2 nitrogen and oxygen atoms in total. The molecule has 0 spiro atoms. The Morgan fingerprint density at radius 1 is 1.29 bits per heavy atom. The zero-order valence-electron chi connectivity index (χ0n) is 10.3. The highest BCUT2D eigenvalue weighted by Crippen LogP contribution is 2.35. The van der Waals surface area contributed by atoms with Gasteiger partial charge < -0.3 is 5.11 Å². The van der Waals surface area contributed by atoms with Gasteiger partial charge in [-0.3, -0.25) is 4.90 Å². The number of aliphatic hydroxyl groups excluding tert-OH is 1. The normalized spacial score (nSPS) is 32.1. The fourth-order valence-corrected chi connectivity index (χ4v) is 3.06. The Balaban J connectivity index is 2.00. The Labute approximate surface area is 103 Å². The van der Waals surface area contributed by atoms with Crippen LogP contribution in [0.25, 0.3) is 5.57 Å². The highest BCUT2D eigenvalue weighted by molar-refractivity contribution is 5.71. The van der Waals surface area contributed by atoms with Gasteiger partial charge in [-0.05, 0) is 30.0 Å². The average Bonchev–Trinajstić information content (AvgIpc) is 2.36. The molecule has 3 rings (SSSR count). The van der Waals surface area contributed by atoms with Crippen LogP contribution in [0.4, 0.5) is 0 Å². The molecule has 1 N–H and O–H groups in total. The summed E-state index contributed by atoms with van der Waals surface area (Å²) in [4.78, 5) is 2.43. The highest BCUT2D eigenvalue weighted by Gasteiger charge is 2.33. The lowest BCUT2D eigenvalue weighted by atomic mass is 9.80. The number of aryl methyl sites for hydroxylation is 1. The second-order valence-electron chi connectivity index (χ2n) is 5.20. The van der Waals surface area contributed by atoms with Gasteiger partial charge in [0.2, 0.25) is 0 Å². The minimum Gasteiger partial charge on any atom is -0.392 e. The Morgan fingerprint density at radius 2 is 2.12 bits per heavy atom. The molecule has 0 radical (unpaired) electrons. The molecule has 2 aliphatic rings. The number of benzene rings is 1. The van der Waals surface area contributed by atoms with E-state index in [2.05, 4.69) is 42.2 Å². The zero-order chi connectivity index (χ0) is 11.8. The van der Waals surface area contributed by atoms with Crippen molar-refractivity contribution in [1.29, 1.82) is 0 Å². The van der Waals surface area contributed by atoms with E-state index in [-0.39, 0.29) is 6.10 Å². The number of fused-ring (bicyclic) bond motifs is 2. The second kappa shape index (κ2) is 4.28. The molecular formula is C15H19NO. The van der Waals surface area contributed by atoms with Crippen LogP contribution in [0.15, 0.2) is 30.3 Å². The Hall–Kier alpha value is -1.12. The lowest BCUT2D eigenvalue weighted by molar-refractivity contribution is 0.0508. The molecule has 1 fully saturated rings. The van der Waals surface area contributed by atoms with Gasteiger partial charge in [0, 0.05) is 25.6 Å². The van der Waals surface area contributed by atoms with Gasteiger partial charge in [-0.25, -0.2) is 0 Å². The van der Waals surface area contributed by atoms with Gasteiger partial charge in [-0.2, -0.15) is 0 Å². The molecule has 90 valence electrons. The average molecular weight is 229 g/mol. The molecule has 2 heterocycles. The quantitative estimate of drug-likeness (QED) is 0.797. The number of piperidine rings is 1. The first-order valence-electron chi connectivity index (χ1n) is 6.42. The number of nitrogens with zero attached hydrogens (tertiary/aromatic N) is 1. The van der Waals surface area contributed by atoms with Gasteiger partial charge in [0.05, 0.1) is 6.10 Å². The molecule has 1 aromatic carbocycles. The van der Waals surface area contributed by atoms with Gasteiger partial charge in [0.15, 0.2) is 0 Å². The first-order chi connectivity index (χ1) is 8.25. The summed E-state index contributed by atoms with van der Waals surface area (Å²) in [5.74, 6) is 0.304. The third kappa shape index (κ3) is 1.92. The molecule has 17 heavy (non-hydrogen) atoms. The van der Waals surface area contributed by atoms with Crippen molar-refractivity contribution in [3.05, 3.63) is 41.5 Å². The first kappa shape index (κ1) is 11.0. The molecule has 2 heteroatoms. The van der Waals surface area contributed by atoms with E-state index in [1.165, 1.54) is 16.7 Å². The highest BCUT2D eigenvalue weighted by atomic mass is 16.3. The van der Waals surface area contributed by atoms with Crippen LogP contribution in [0, 0.1) is 12.8 Å². The van der Waals surface area contributed by atoms with Gasteiger partial charge in [-0.1, -0.05) is 30.3 Å².